The Balaban J connectivity index is 0.649. The minimum absolute atomic E-state index is 0.0297. The van der Waals surface area contributed by atoms with Crippen molar-refractivity contribution in [1.82, 2.24) is 0 Å². The lowest BCUT2D eigenvalue weighted by molar-refractivity contribution is -0.125. The first kappa shape index (κ1) is 61.5. The fourth-order valence-electron chi connectivity index (χ4n) is 18.4. The maximum atomic E-state index is 14.5. The number of Topliss-reactive ketones (excluding diaryl/α,β-unsaturated/α-hetero) is 4. The van der Waals surface area contributed by atoms with Crippen LogP contribution in [0.25, 0.3) is 0 Å². The molecule has 4 saturated carbocycles. The Labute approximate surface area is 499 Å². The Morgan fingerprint density at radius 3 is 1.57 bits per heavy atom. The molecule has 0 heterocycles. The van der Waals surface area contributed by atoms with Crippen molar-refractivity contribution in [3.8, 4) is 0 Å². The van der Waals surface area contributed by atoms with E-state index >= 15 is 0 Å². The first-order valence-electron chi connectivity index (χ1n) is 33.4. The van der Waals surface area contributed by atoms with Gasteiger partial charge in [-0.05, 0) is 226 Å². The van der Waals surface area contributed by atoms with Gasteiger partial charge in [-0.1, -0.05) is 146 Å². The molecule has 0 amide bonds. The van der Waals surface area contributed by atoms with Gasteiger partial charge in [0.15, 0.2) is 11.6 Å². The average Bonchev–Trinajstić information content (AvgIpc) is 4.10. The number of unbranched alkanes of at least 4 members (excludes halogenated alkanes) is 1. The lowest BCUT2D eigenvalue weighted by Gasteiger charge is -2.42. The van der Waals surface area contributed by atoms with E-state index in [1.807, 2.05) is 6.08 Å². The summed E-state index contributed by atoms with van der Waals surface area (Å²) in [5.41, 5.74) is 10.9. The van der Waals surface area contributed by atoms with Crippen LogP contribution >= 0.6 is 0 Å². The molecule has 0 spiro atoms. The van der Waals surface area contributed by atoms with E-state index < -0.39 is 0 Å². The number of hydrogen-bond acceptors (Lipinski definition) is 4. The normalized spacial score (nSPS) is 32.4. The van der Waals surface area contributed by atoms with Crippen LogP contribution in [-0.2, 0) is 32.0 Å². The van der Waals surface area contributed by atoms with Crippen LogP contribution in [0.4, 0.5) is 8.78 Å². The highest BCUT2D eigenvalue weighted by atomic mass is 19.1. The van der Waals surface area contributed by atoms with Crippen LogP contribution < -0.4 is 0 Å². The molecule has 6 heteroatoms. The molecule has 13 atom stereocenters. The van der Waals surface area contributed by atoms with Gasteiger partial charge >= 0.3 is 0 Å². The van der Waals surface area contributed by atoms with E-state index in [4.69, 9.17) is 13.2 Å². The zero-order valence-electron chi connectivity index (χ0n) is 52.2. The monoisotopic (exact) mass is 1130 g/mol. The molecule has 2 aromatic carbocycles. The highest BCUT2D eigenvalue weighted by Gasteiger charge is 2.47. The molecule has 0 bridgehead atoms. The van der Waals surface area contributed by atoms with Gasteiger partial charge in [-0.3, -0.25) is 19.2 Å². The van der Waals surface area contributed by atoms with Crippen LogP contribution in [0.3, 0.4) is 0 Å². The smallest absolute Gasteiger partial charge is 0.163 e. The van der Waals surface area contributed by atoms with Crippen molar-refractivity contribution in [2.45, 2.75) is 222 Å². The summed E-state index contributed by atoms with van der Waals surface area (Å²) in [4.78, 5) is 55.2. The molecule has 4 fully saturated rings. The quantitative estimate of drug-likeness (QED) is 0.0923. The summed E-state index contributed by atoms with van der Waals surface area (Å²) in [5, 5.41) is 0. The number of carbonyl (C=O) groups is 4. The minimum Gasteiger partial charge on any atom is -0.299 e. The van der Waals surface area contributed by atoms with E-state index in [2.05, 4.69) is 54.5 Å². The van der Waals surface area contributed by atoms with Crippen molar-refractivity contribution < 1.29 is 28.0 Å². The second-order valence-corrected chi connectivity index (χ2v) is 30.4. The van der Waals surface area contributed by atoms with Crippen molar-refractivity contribution in [1.29, 1.82) is 0 Å². The first-order valence-corrected chi connectivity index (χ1v) is 33.4. The van der Waals surface area contributed by atoms with Gasteiger partial charge < -0.3 is 0 Å². The summed E-state index contributed by atoms with van der Waals surface area (Å²) in [6.45, 7) is 25.9. The second-order valence-electron chi connectivity index (χ2n) is 30.4. The summed E-state index contributed by atoms with van der Waals surface area (Å²) >= 11 is 0. The molecule has 448 valence electrons. The van der Waals surface area contributed by atoms with Crippen LogP contribution in [0, 0.1) is 99.4 Å². The molecular formula is C77H102F2O4. The molecule has 2 aromatic rings. The molecule has 0 saturated heterocycles. The van der Waals surface area contributed by atoms with Gasteiger partial charge in [0.2, 0.25) is 0 Å². The number of allylic oxidation sites excluding steroid dienone is 10. The maximum Gasteiger partial charge on any atom is 0.163 e. The molecule has 83 heavy (non-hydrogen) atoms. The molecule has 0 N–H and O–H groups in total. The standard InChI is InChI=1S/C77H102F2O4/c1-47-18-23-59(61(32-47)35-51(5)68-45-76(6,7)70-43-73(81)62(40-66(68)70)36-52-19-28-64(78)29-20-52)39-55-25-24-54(33-49(55)3)48(2)14-10-13-17-72(80)60-27-26-56(50(4)34-60)38-57-15-11-12-16-58(57)42-75(83)69-46-77(8,9)71-44-74(82)63(41-67(69)71)37-53-21-30-65(79)31-22-53/h19-22,28-31,40-41,47,49-50,54-61,68-69H,2,5,10-18,23-27,32-39,42-46H2,1,3-4,6-9H3/t47-,49+,50+,54?,55?,56?,57+,58?,59+,60?,61?,68?,69?/m0/s1. The largest absolute Gasteiger partial charge is 0.299 e. The number of hydrogen-bond donors (Lipinski definition) is 0. The lowest BCUT2D eigenvalue weighted by Crippen LogP contribution is -2.32. The SMILES string of the molecule is C=C(CCCCC(=O)C1CCC(C[C@H]2CCCCC2CC(=O)C2CC(C)(C)C3=C2C=C(Cc2ccc(F)cc2)C(=O)C3)[C@H](C)C1)C1CCC(C[C@H]2CC[C@H](C)CC2CC(=C)C2CC(C)(C)C3=C2C=C(Cc2ccc(F)cc2)C(=O)C3)[C@H](C)C1. The van der Waals surface area contributed by atoms with Crippen molar-refractivity contribution in [3.05, 3.63) is 141 Å². The molecule has 0 radical (unpaired) electrons. The summed E-state index contributed by atoms with van der Waals surface area (Å²) in [5.74, 6) is 7.13. The predicted molar refractivity (Wildman–Crippen MR) is 334 cm³/mol. The Kier molecular flexibility index (Phi) is 19.4. The molecule has 8 unspecified atom stereocenters. The van der Waals surface area contributed by atoms with Crippen LogP contribution in [0.5, 0.6) is 0 Å². The van der Waals surface area contributed by atoms with E-state index in [0.29, 0.717) is 91.5 Å². The van der Waals surface area contributed by atoms with Gasteiger partial charge in [0.1, 0.15) is 23.2 Å². The van der Waals surface area contributed by atoms with E-state index in [1.54, 1.807) is 24.3 Å². The maximum absolute atomic E-state index is 14.5. The van der Waals surface area contributed by atoms with Crippen LogP contribution in [-0.4, -0.2) is 23.1 Å². The lowest BCUT2D eigenvalue weighted by atomic mass is 9.64. The third-order valence-corrected chi connectivity index (χ3v) is 23.6. The van der Waals surface area contributed by atoms with Crippen molar-refractivity contribution in [2.24, 2.45) is 87.8 Å². The number of rotatable bonds is 21. The third kappa shape index (κ3) is 14.5. The third-order valence-electron chi connectivity index (χ3n) is 23.6. The molecule has 8 aliphatic carbocycles. The Hall–Kier alpha value is -4.58. The zero-order valence-corrected chi connectivity index (χ0v) is 52.2. The van der Waals surface area contributed by atoms with Crippen molar-refractivity contribution in [2.75, 3.05) is 0 Å². The fraction of sp³-hybridized carbons (Fsp3) is 0.636. The summed E-state index contributed by atoms with van der Waals surface area (Å²) in [7, 11) is 0. The first-order chi connectivity index (χ1) is 39.6. The van der Waals surface area contributed by atoms with Crippen molar-refractivity contribution in [3.63, 3.8) is 0 Å². The Morgan fingerprint density at radius 1 is 0.518 bits per heavy atom. The van der Waals surface area contributed by atoms with Crippen LogP contribution in [0.1, 0.15) is 220 Å². The van der Waals surface area contributed by atoms with Crippen molar-refractivity contribution >= 4 is 23.1 Å². The molecule has 0 aliphatic heterocycles. The van der Waals surface area contributed by atoms with E-state index in [1.165, 1.54) is 117 Å². The topological polar surface area (TPSA) is 68.3 Å². The molecule has 8 aliphatic rings. The van der Waals surface area contributed by atoms with E-state index in [9.17, 15) is 28.0 Å². The van der Waals surface area contributed by atoms with Crippen LogP contribution in [0.15, 0.2) is 118 Å². The minimum atomic E-state index is -0.283. The second kappa shape index (κ2) is 26.2. The molecule has 0 aromatic heterocycles. The Bertz CT molecular complexity index is 2890. The van der Waals surface area contributed by atoms with Gasteiger partial charge in [-0.15, -0.1) is 0 Å². The average molecular weight is 1130 g/mol. The van der Waals surface area contributed by atoms with E-state index in [0.717, 1.165) is 115 Å². The van der Waals surface area contributed by atoms with Gasteiger partial charge in [0.05, 0.1) is 0 Å². The van der Waals surface area contributed by atoms with Crippen LogP contribution in [0.2, 0.25) is 0 Å². The number of benzene rings is 2. The molecule has 4 nitrogen and oxygen atoms in total. The van der Waals surface area contributed by atoms with Gasteiger partial charge in [-0.2, -0.15) is 0 Å². The van der Waals surface area contributed by atoms with Gasteiger partial charge in [-0.25, -0.2) is 8.78 Å². The Morgan fingerprint density at radius 2 is 1.00 bits per heavy atom. The number of carbonyl (C=O) groups excluding carboxylic acids is 4. The summed E-state index contributed by atoms with van der Waals surface area (Å²) in [6.07, 6.45) is 31.4. The number of halogens is 2. The fourth-order valence-corrected chi connectivity index (χ4v) is 18.4. The predicted octanol–water partition coefficient (Wildman–Crippen LogP) is 19.6. The molecule has 10 rings (SSSR count). The highest BCUT2D eigenvalue weighted by Crippen LogP contribution is 2.56. The number of ketones is 4. The summed E-state index contributed by atoms with van der Waals surface area (Å²) < 4.78 is 27.4. The van der Waals surface area contributed by atoms with Gasteiger partial charge in [0.25, 0.3) is 0 Å². The zero-order chi connectivity index (χ0) is 58.9. The summed E-state index contributed by atoms with van der Waals surface area (Å²) in [6, 6.07) is 13.0. The van der Waals surface area contributed by atoms with E-state index in [-0.39, 0.29) is 51.8 Å². The van der Waals surface area contributed by atoms with Gasteiger partial charge in [0, 0.05) is 67.4 Å². The highest BCUT2D eigenvalue weighted by molar-refractivity contribution is 6.01. The molecular weight excluding hydrogens is 1030 g/mol.